The molecule has 0 radical (unpaired) electrons. The summed E-state index contributed by atoms with van der Waals surface area (Å²) in [6.45, 7) is 14.2. The molecule has 1 N–H and O–H groups in total. The Bertz CT molecular complexity index is 737. The van der Waals surface area contributed by atoms with E-state index in [2.05, 4.69) is 59.9 Å². The van der Waals surface area contributed by atoms with E-state index in [-0.39, 0.29) is 5.91 Å². The minimum Gasteiger partial charge on any atom is -0.372 e. The Morgan fingerprint density at radius 2 is 1.54 bits per heavy atom. The van der Waals surface area contributed by atoms with Crippen LogP contribution in [0, 0.1) is 6.92 Å². The van der Waals surface area contributed by atoms with Gasteiger partial charge < -0.3 is 15.1 Å². The summed E-state index contributed by atoms with van der Waals surface area (Å²) in [7, 11) is 0. The van der Waals surface area contributed by atoms with Crippen molar-refractivity contribution >= 4 is 23.0 Å². The minimum atomic E-state index is -0.134. The predicted molar refractivity (Wildman–Crippen MR) is 110 cm³/mol. The van der Waals surface area contributed by atoms with Gasteiger partial charge in [-0.25, -0.2) is 0 Å². The molecule has 1 aromatic carbocycles. The third-order valence-corrected chi connectivity index (χ3v) is 4.70. The number of carbonyl (C=O) groups excluding carboxylic acids is 1. The van der Waals surface area contributed by atoms with Gasteiger partial charge in [0.15, 0.2) is 0 Å². The summed E-state index contributed by atoms with van der Waals surface area (Å²) in [4.78, 5) is 21.4. The topological polar surface area (TPSA) is 48.5 Å². The van der Waals surface area contributed by atoms with Crippen molar-refractivity contribution in [2.24, 2.45) is 0 Å². The Labute approximate surface area is 157 Å². The van der Waals surface area contributed by atoms with Gasteiger partial charge in [-0.1, -0.05) is 0 Å². The van der Waals surface area contributed by atoms with Crippen LogP contribution in [0.1, 0.15) is 43.6 Å². The van der Waals surface area contributed by atoms with Gasteiger partial charge in [0.05, 0.1) is 17.4 Å². The van der Waals surface area contributed by atoms with Crippen molar-refractivity contribution in [2.45, 2.75) is 34.6 Å². The van der Waals surface area contributed by atoms with Gasteiger partial charge >= 0.3 is 0 Å². The van der Waals surface area contributed by atoms with Crippen LogP contribution < -0.4 is 15.1 Å². The molecule has 0 unspecified atom stereocenters. The van der Waals surface area contributed by atoms with Gasteiger partial charge in [0, 0.05) is 43.8 Å². The Balaban J connectivity index is 2.18. The van der Waals surface area contributed by atoms with E-state index < -0.39 is 0 Å². The van der Waals surface area contributed by atoms with Crippen LogP contribution in [0.3, 0.4) is 0 Å². The lowest BCUT2D eigenvalue weighted by Gasteiger charge is -2.22. The second-order valence-corrected chi connectivity index (χ2v) is 6.23. The van der Waals surface area contributed by atoms with E-state index in [4.69, 9.17) is 0 Å². The zero-order valence-corrected chi connectivity index (χ0v) is 16.5. The molecule has 0 fully saturated rings. The number of hydrogen-bond donors (Lipinski definition) is 1. The Kier molecular flexibility index (Phi) is 7.01. The van der Waals surface area contributed by atoms with E-state index in [1.54, 1.807) is 12.4 Å². The van der Waals surface area contributed by atoms with Gasteiger partial charge in [-0.3, -0.25) is 9.78 Å². The molecule has 0 aliphatic heterocycles. The number of amides is 1. The van der Waals surface area contributed by atoms with E-state index in [0.29, 0.717) is 5.56 Å². The van der Waals surface area contributed by atoms with Crippen LogP contribution in [-0.2, 0) is 0 Å². The molecule has 1 amide bonds. The van der Waals surface area contributed by atoms with Crippen LogP contribution in [0.2, 0.25) is 0 Å². The van der Waals surface area contributed by atoms with Crippen molar-refractivity contribution in [1.29, 1.82) is 0 Å². The fourth-order valence-electron chi connectivity index (χ4n) is 3.08. The minimum absolute atomic E-state index is 0.134. The summed E-state index contributed by atoms with van der Waals surface area (Å²) in [5, 5.41) is 3.01. The Morgan fingerprint density at radius 3 is 2.12 bits per heavy atom. The Morgan fingerprint density at radius 1 is 0.923 bits per heavy atom. The maximum Gasteiger partial charge on any atom is 0.257 e. The third-order valence-electron chi connectivity index (χ3n) is 4.70. The highest BCUT2D eigenvalue weighted by molar-refractivity contribution is 6.05. The molecule has 2 rings (SSSR count). The molecule has 0 aliphatic carbocycles. The predicted octanol–water partition coefficient (Wildman–Crippen LogP) is 4.33. The average Bonchev–Trinajstić information content (AvgIpc) is 2.66. The Hall–Kier alpha value is -2.56. The maximum absolute atomic E-state index is 12.7. The van der Waals surface area contributed by atoms with Gasteiger partial charge in [0.25, 0.3) is 5.91 Å². The number of hydrogen-bond acceptors (Lipinski definition) is 4. The van der Waals surface area contributed by atoms with Crippen LogP contribution in [0.4, 0.5) is 17.1 Å². The van der Waals surface area contributed by atoms with Crippen LogP contribution in [-0.4, -0.2) is 37.1 Å². The molecule has 0 saturated heterocycles. The zero-order chi connectivity index (χ0) is 19.1. The van der Waals surface area contributed by atoms with Crippen molar-refractivity contribution in [2.75, 3.05) is 41.3 Å². The van der Waals surface area contributed by atoms with Gasteiger partial charge in [0.2, 0.25) is 0 Å². The molecule has 0 spiro atoms. The second-order valence-electron chi connectivity index (χ2n) is 6.23. The smallest absolute Gasteiger partial charge is 0.257 e. The first kappa shape index (κ1) is 19.8. The normalized spacial score (nSPS) is 10.5. The molecule has 1 aromatic heterocycles. The van der Waals surface area contributed by atoms with Crippen LogP contribution >= 0.6 is 0 Å². The van der Waals surface area contributed by atoms with Crippen LogP contribution in [0.15, 0.2) is 36.7 Å². The van der Waals surface area contributed by atoms with E-state index in [1.807, 2.05) is 19.1 Å². The summed E-state index contributed by atoms with van der Waals surface area (Å²) in [6.07, 6.45) is 3.41. The number of carbonyl (C=O) groups is 1. The number of nitrogens with zero attached hydrogens (tertiary/aromatic N) is 3. The van der Waals surface area contributed by atoms with Crippen LogP contribution in [0.5, 0.6) is 0 Å². The van der Waals surface area contributed by atoms with E-state index in [9.17, 15) is 4.79 Å². The van der Waals surface area contributed by atoms with Crippen molar-refractivity contribution < 1.29 is 4.79 Å². The molecule has 1 heterocycles. The second kappa shape index (κ2) is 9.22. The lowest BCUT2D eigenvalue weighted by atomic mass is 10.1. The number of benzene rings is 1. The molecule has 26 heavy (non-hydrogen) atoms. The van der Waals surface area contributed by atoms with Crippen molar-refractivity contribution in [3.63, 3.8) is 0 Å². The number of aromatic nitrogens is 1. The maximum atomic E-state index is 12.7. The molecular formula is C21H30N4O. The first-order chi connectivity index (χ1) is 12.5. The molecule has 5 heteroatoms. The average molecular weight is 354 g/mol. The van der Waals surface area contributed by atoms with Crippen molar-refractivity contribution in [3.05, 3.63) is 47.8 Å². The quantitative estimate of drug-likeness (QED) is 0.766. The number of anilines is 3. The fraction of sp³-hybridized carbons (Fsp3) is 0.429. The molecule has 5 nitrogen and oxygen atoms in total. The van der Waals surface area contributed by atoms with Gasteiger partial charge in [0.1, 0.15) is 0 Å². The number of nitrogens with one attached hydrogen (secondary N) is 1. The van der Waals surface area contributed by atoms with Gasteiger partial charge in [-0.2, -0.15) is 0 Å². The van der Waals surface area contributed by atoms with Crippen molar-refractivity contribution in [3.8, 4) is 0 Å². The highest BCUT2D eigenvalue weighted by Crippen LogP contribution is 2.23. The lowest BCUT2D eigenvalue weighted by molar-refractivity contribution is 0.102. The molecule has 2 aromatic rings. The molecule has 0 aliphatic rings. The SMILES string of the molecule is CCN(CC)c1cncc(C(=O)Nc2ccc(N(CC)CC)cc2C)c1. The first-order valence-corrected chi connectivity index (χ1v) is 9.40. The largest absolute Gasteiger partial charge is 0.372 e. The summed E-state index contributed by atoms with van der Waals surface area (Å²) < 4.78 is 0. The van der Waals surface area contributed by atoms with E-state index >= 15 is 0 Å². The molecule has 140 valence electrons. The van der Waals surface area contributed by atoms with Crippen LogP contribution in [0.25, 0.3) is 0 Å². The summed E-state index contributed by atoms with van der Waals surface area (Å²) in [6, 6.07) is 8.05. The van der Waals surface area contributed by atoms with Crippen molar-refractivity contribution in [1.82, 2.24) is 4.98 Å². The molecule has 0 saturated carbocycles. The highest BCUT2D eigenvalue weighted by atomic mass is 16.1. The zero-order valence-electron chi connectivity index (χ0n) is 16.5. The van der Waals surface area contributed by atoms with Gasteiger partial charge in [-0.05, 0) is 64.4 Å². The number of rotatable bonds is 8. The summed E-state index contributed by atoms with van der Waals surface area (Å²) >= 11 is 0. The standard InChI is InChI=1S/C21H30N4O/c1-6-24(7-2)18-10-11-20(16(5)12-18)23-21(26)17-13-19(15-22-14-17)25(8-3)9-4/h10-15H,6-9H2,1-5H3,(H,23,26). The van der Waals surface area contributed by atoms with E-state index in [1.165, 1.54) is 5.69 Å². The van der Waals surface area contributed by atoms with E-state index in [0.717, 1.165) is 43.1 Å². The van der Waals surface area contributed by atoms with Gasteiger partial charge in [-0.15, -0.1) is 0 Å². The summed E-state index contributed by atoms with van der Waals surface area (Å²) in [5.41, 5.74) is 4.60. The fourth-order valence-corrected chi connectivity index (χ4v) is 3.08. The molecular weight excluding hydrogens is 324 g/mol. The lowest BCUT2D eigenvalue weighted by Crippen LogP contribution is -2.23. The number of aryl methyl sites for hydroxylation is 1. The highest BCUT2D eigenvalue weighted by Gasteiger charge is 2.12. The number of pyridine rings is 1. The third kappa shape index (κ3) is 4.54. The molecule has 0 bridgehead atoms. The summed E-state index contributed by atoms with van der Waals surface area (Å²) in [5.74, 6) is -0.134. The molecule has 0 atom stereocenters. The first-order valence-electron chi connectivity index (χ1n) is 9.40. The monoisotopic (exact) mass is 354 g/mol.